The molecule has 3 N–H and O–H groups in total. The van der Waals surface area contributed by atoms with Crippen LogP contribution in [0.5, 0.6) is 0 Å². The van der Waals surface area contributed by atoms with E-state index < -0.39 is 12.0 Å². The van der Waals surface area contributed by atoms with Gasteiger partial charge in [-0.3, -0.25) is 14.4 Å². The molecule has 4 saturated carbocycles. The first kappa shape index (κ1) is 20.5. The van der Waals surface area contributed by atoms with Crippen LogP contribution in [0.25, 0.3) is 0 Å². The maximum Gasteiger partial charge on any atom is 0.313 e. The van der Waals surface area contributed by atoms with E-state index in [-0.39, 0.29) is 28.9 Å². The standard InChI is InChI=1S/C20H32N2O4S/c1-12(2)17(18(25)21-3-4-27-11-16(23)24)22-19(26)20-8-13-5-14(9-20)7-15(6-13)10-20/h12-15,17H,3-11H2,1-2H3,(H,21,25)(H,22,26)(H,23,24). The highest BCUT2D eigenvalue weighted by molar-refractivity contribution is 7.99. The Morgan fingerprint density at radius 1 is 1.07 bits per heavy atom. The van der Waals surface area contributed by atoms with Gasteiger partial charge in [-0.2, -0.15) is 0 Å². The zero-order chi connectivity index (χ0) is 19.6. The van der Waals surface area contributed by atoms with Crippen LogP contribution in [0.4, 0.5) is 0 Å². The van der Waals surface area contributed by atoms with Crippen LogP contribution in [0.3, 0.4) is 0 Å². The highest BCUT2D eigenvalue weighted by atomic mass is 32.2. The molecule has 0 heterocycles. The number of hydrogen-bond donors (Lipinski definition) is 3. The van der Waals surface area contributed by atoms with E-state index in [1.165, 1.54) is 31.0 Å². The summed E-state index contributed by atoms with van der Waals surface area (Å²) in [7, 11) is 0. The van der Waals surface area contributed by atoms with E-state index in [2.05, 4.69) is 10.6 Å². The number of aliphatic carboxylic acids is 1. The zero-order valence-electron chi connectivity index (χ0n) is 16.3. The molecular weight excluding hydrogens is 364 g/mol. The second kappa shape index (κ2) is 8.41. The molecule has 4 aliphatic rings. The third kappa shape index (κ3) is 4.79. The van der Waals surface area contributed by atoms with Gasteiger partial charge in [0.05, 0.1) is 5.75 Å². The Kier molecular flexibility index (Phi) is 6.39. The number of carbonyl (C=O) groups is 3. The number of amides is 2. The predicted octanol–water partition coefficient (Wildman–Crippen LogP) is 2.28. The van der Waals surface area contributed by atoms with Gasteiger partial charge < -0.3 is 15.7 Å². The van der Waals surface area contributed by atoms with Crippen LogP contribution in [-0.4, -0.2) is 47.0 Å². The summed E-state index contributed by atoms with van der Waals surface area (Å²) in [6, 6.07) is -0.532. The third-order valence-corrected chi connectivity index (χ3v) is 7.47. The fraction of sp³-hybridized carbons (Fsp3) is 0.850. The van der Waals surface area contributed by atoms with Crippen molar-refractivity contribution in [2.45, 2.75) is 58.4 Å². The summed E-state index contributed by atoms with van der Waals surface area (Å²) in [5.74, 6) is 1.73. The van der Waals surface area contributed by atoms with E-state index in [4.69, 9.17) is 5.11 Å². The van der Waals surface area contributed by atoms with Crippen molar-refractivity contribution in [1.82, 2.24) is 10.6 Å². The van der Waals surface area contributed by atoms with Gasteiger partial charge in [0.2, 0.25) is 11.8 Å². The lowest BCUT2D eigenvalue weighted by molar-refractivity contribution is -0.149. The number of rotatable bonds is 9. The third-order valence-electron chi connectivity index (χ3n) is 6.53. The molecule has 7 heteroatoms. The zero-order valence-corrected chi connectivity index (χ0v) is 17.1. The largest absolute Gasteiger partial charge is 0.481 e. The Balaban J connectivity index is 1.54. The molecule has 27 heavy (non-hydrogen) atoms. The molecule has 1 unspecified atom stereocenters. The van der Waals surface area contributed by atoms with Crippen molar-refractivity contribution in [1.29, 1.82) is 0 Å². The number of thioether (sulfide) groups is 1. The summed E-state index contributed by atoms with van der Waals surface area (Å²) in [6.45, 7) is 4.31. The molecule has 0 radical (unpaired) electrons. The molecule has 4 rings (SSSR count). The number of carbonyl (C=O) groups excluding carboxylic acids is 2. The molecule has 152 valence electrons. The van der Waals surface area contributed by atoms with E-state index in [1.807, 2.05) is 13.8 Å². The van der Waals surface area contributed by atoms with E-state index in [9.17, 15) is 14.4 Å². The first-order valence-corrected chi connectivity index (χ1v) is 11.3. The topological polar surface area (TPSA) is 95.5 Å². The SMILES string of the molecule is CC(C)C(NC(=O)C12CC3CC(CC(C3)C1)C2)C(=O)NCCSCC(=O)O. The summed E-state index contributed by atoms with van der Waals surface area (Å²) < 4.78 is 0. The van der Waals surface area contributed by atoms with Crippen molar-refractivity contribution >= 4 is 29.5 Å². The van der Waals surface area contributed by atoms with Gasteiger partial charge in [-0.05, 0) is 62.2 Å². The fourth-order valence-corrected chi connectivity index (χ4v) is 6.30. The van der Waals surface area contributed by atoms with Gasteiger partial charge in [-0.1, -0.05) is 13.8 Å². The van der Waals surface area contributed by atoms with Gasteiger partial charge in [0, 0.05) is 17.7 Å². The van der Waals surface area contributed by atoms with Crippen molar-refractivity contribution in [3.8, 4) is 0 Å². The van der Waals surface area contributed by atoms with E-state index in [0.717, 1.165) is 19.3 Å². The maximum atomic E-state index is 13.2. The maximum absolute atomic E-state index is 13.2. The molecule has 0 aromatic carbocycles. The highest BCUT2D eigenvalue weighted by Gasteiger charge is 2.55. The first-order valence-electron chi connectivity index (χ1n) is 10.2. The van der Waals surface area contributed by atoms with Crippen LogP contribution < -0.4 is 10.6 Å². The van der Waals surface area contributed by atoms with Crippen LogP contribution in [0, 0.1) is 29.1 Å². The highest BCUT2D eigenvalue weighted by Crippen LogP contribution is 2.60. The Morgan fingerprint density at radius 3 is 2.11 bits per heavy atom. The minimum atomic E-state index is -0.853. The van der Waals surface area contributed by atoms with Crippen LogP contribution in [-0.2, 0) is 14.4 Å². The molecule has 4 aliphatic carbocycles. The van der Waals surface area contributed by atoms with E-state index in [1.54, 1.807) is 0 Å². The molecule has 4 bridgehead atoms. The lowest BCUT2D eigenvalue weighted by Gasteiger charge is -2.55. The van der Waals surface area contributed by atoms with Gasteiger partial charge in [-0.25, -0.2) is 0 Å². The molecule has 6 nitrogen and oxygen atoms in total. The Hall–Kier alpha value is -1.24. The van der Waals surface area contributed by atoms with Crippen molar-refractivity contribution in [2.24, 2.45) is 29.1 Å². The molecule has 0 aromatic rings. The number of carboxylic acid groups (broad SMARTS) is 1. The smallest absolute Gasteiger partial charge is 0.313 e. The lowest BCUT2D eigenvalue weighted by atomic mass is 9.49. The van der Waals surface area contributed by atoms with Crippen LogP contribution in [0.15, 0.2) is 0 Å². The second-order valence-electron chi connectivity index (χ2n) is 9.13. The molecular formula is C20H32N2O4S. The summed E-state index contributed by atoms with van der Waals surface area (Å²) in [5, 5.41) is 14.6. The second-order valence-corrected chi connectivity index (χ2v) is 10.2. The fourth-order valence-electron chi connectivity index (χ4n) is 5.73. The van der Waals surface area contributed by atoms with Gasteiger partial charge in [0.15, 0.2) is 0 Å². The van der Waals surface area contributed by atoms with Gasteiger partial charge in [-0.15, -0.1) is 11.8 Å². The molecule has 0 aromatic heterocycles. The molecule has 1 atom stereocenters. The minimum Gasteiger partial charge on any atom is -0.481 e. The van der Waals surface area contributed by atoms with Crippen LogP contribution in [0.1, 0.15) is 52.4 Å². The Morgan fingerprint density at radius 2 is 1.63 bits per heavy atom. The number of nitrogens with one attached hydrogen (secondary N) is 2. The van der Waals surface area contributed by atoms with Crippen molar-refractivity contribution < 1.29 is 19.5 Å². The summed E-state index contributed by atoms with van der Waals surface area (Å²) >= 11 is 1.27. The summed E-state index contributed by atoms with van der Waals surface area (Å²) in [6.07, 6.45) is 6.83. The first-order chi connectivity index (χ1) is 12.8. The normalized spacial score (nSPS) is 32.3. The number of carboxylic acids is 1. The van der Waals surface area contributed by atoms with E-state index >= 15 is 0 Å². The average molecular weight is 397 g/mol. The lowest BCUT2D eigenvalue weighted by Crippen LogP contribution is -2.58. The van der Waals surface area contributed by atoms with Crippen LogP contribution >= 0.6 is 11.8 Å². The molecule has 0 spiro atoms. The molecule has 0 aliphatic heterocycles. The predicted molar refractivity (Wildman–Crippen MR) is 105 cm³/mol. The monoisotopic (exact) mass is 396 g/mol. The molecule has 4 fully saturated rings. The van der Waals surface area contributed by atoms with Gasteiger partial charge in [0.25, 0.3) is 0 Å². The van der Waals surface area contributed by atoms with Crippen LogP contribution in [0.2, 0.25) is 0 Å². The van der Waals surface area contributed by atoms with Crippen molar-refractivity contribution in [3.05, 3.63) is 0 Å². The summed E-state index contributed by atoms with van der Waals surface area (Å²) in [4.78, 5) is 36.3. The minimum absolute atomic E-state index is 0.00883. The number of hydrogen-bond acceptors (Lipinski definition) is 4. The molecule has 0 saturated heterocycles. The Labute approximate surface area is 165 Å². The molecule has 2 amide bonds. The van der Waals surface area contributed by atoms with Gasteiger partial charge >= 0.3 is 5.97 Å². The van der Waals surface area contributed by atoms with Crippen molar-refractivity contribution in [2.75, 3.05) is 18.1 Å². The quantitative estimate of drug-likeness (QED) is 0.520. The van der Waals surface area contributed by atoms with Crippen molar-refractivity contribution in [3.63, 3.8) is 0 Å². The summed E-state index contributed by atoms with van der Waals surface area (Å²) in [5.41, 5.74) is -0.250. The van der Waals surface area contributed by atoms with E-state index in [0.29, 0.717) is 30.1 Å². The average Bonchev–Trinajstić information content (AvgIpc) is 2.57. The Bertz CT molecular complexity index is 557. The van der Waals surface area contributed by atoms with Gasteiger partial charge in [0.1, 0.15) is 6.04 Å².